The molecule has 2 rings (SSSR count). The van der Waals surface area contributed by atoms with Crippen LogP contribution in [0.3, 0.4) is 0 Å². The molecule has 2 heteroatoms. The van der Waals surface area contributed by atoms with E-state index in [4.69, 9.17) is 0 Å². The van der Waals surface area contributed by atoms with Gasteiger partial charge in [0.05, 0.1) is 5.60 Å². The second-order valence-electron chi connectivity index (χ2n) is 7.68. The van der Waals surface area contributed by atoms with Gasteiger partial charge in [0.1, 0.15) is 0 Å². The van der Waals surface area contributed by atoms with Crippen LogP contribution in [0.15, 0.2) is 24.3 Å². The van der Waals surface area contributed by atoms with Crippen LogP contribution >= 0.6 is 0 Å². The summed E-state index contributed by atoms with van der Waals surface area (Å²) in [5, 5.41) is 14.3. The van der Waals surface area contributed by atoms with Gasteiger partial charge in [-0.2, -0.15) is 0 Å². The number of hydrogen-bond donors (Lipinski definition) is 2. The number of nitrogens with one attached hydrogen (secondary N) is 1. The second-order valence-corrected chi connectivity index (χ2v) is 7.68. The summed E-state index contributed by atoms with van der Waals surface area (Å²) in [6, 6.07) is 9.40. The normalized spacial score (nSPS) is 26.8. The van der Waals surface area contributed by atoms with Gasteiger partial charge < -0.3 is 10.4 Å². The summed E-state index contributed by atoms with van der Waals surface area (Å²) in [6.07, 6.45) is 4.78. The van der Waals surface area contributed by atoms with Crippen molar-refractivity contribution in [2.45, 2.75) is 76.9 Å². The SMILES string of the molecule is CCNC1CCC(O)(Cc2ccc(C(C)(C)C)cc2)CC1. The van der Waals surface area contributed by atoms with E-state index in [1.807, 2.05) is 0 Å². The average Bonchev–Trinajstić information content (AvgIpc) is 2.41. The van der Waals surface area contributed by atoms with Crippen LogP contribution in [0.5, 0.6) is 0 Å². The van der Waals surface area contributed by atoms with E-state index in [2.05, 4.69) is 57.3 Å². The van der Waals surface area contributed by atoms with Gasteiger partial charge >= 0.3 is 0 Å². The molecule has 1 fully saturated rings. The van der Waals surface area contributed by atoms with Crippen LogP contribution in [0.25, 0.3) is 0 Å². The second kappa shape index (κ2) is 6.50. The highest BCUT2D eigenvalue weighted by Gasteiger charge is 2.33. The first-order valence-electron chi connectivity index (χ1n) is 8.38. The van der Waals surface area contributed by atoms with Crippen LogP contribution in [0.4, 0.5) is 0 Å². The largest absolute Gasteiger partial charge is 0.390 e. The topological polar surface area (TPSA) is 32.3 Å². The van der Waals surface area contributed by atoms with E-state index in [9.17, 15) is 5.11 Å². The van der Waals surface area contributed by atoms with Crippen LogP contribution in [0.1, 0.15) is 64.5 Å². The zero-order valence-electron chi connectivity index (χ0n) is 14.1. The van der Waals surface area contributed by atoms with Crippen LogP contribution in [-0.2, 0) is 11.8 Å². The first-order valence-corrected chi connectivity index (χ1v) is 8.38. The summed E-state index contributed by atoms with van der Waals surface area (Å²) >= 11 is 0. The molecule has 1 aromatic rings. The Morgan fingerprint density at radius 2 is 1.71 bits per heavy atom. The molecule has 1 aliphatic carbocycles. The molecule has 118 valence electrons. The predicted molar refractivity (Wildman–Crippen MR) is 89.7 cm³/mol. The molecule has 0 radical (unpaired) electrons. The quantitative estimate of drug-likeness (QED) is 0.883. The third-order valence-electron chi connectivity index (χ3n) is 4.76. The van der Waals surface area contributed by atoms with Gasteiger partial charge in [-0.25, -0.2) is 0 Å². The lowest BCUT2D eigenvalue weighted by atomic mass is 9.78. The van der Waals surface area contributed by atoms with Gasteiger partial charge in [-0.3, -0.25) is 0 Å². The monoisotopic (exact) mass is 289 g/mol. The van der Waals surface area contributed by atoms with Gasteiger partial charge in [-0.1, -0.05) is 52.0 Å². The molecular formula is C19H31NO. The van der Waals surface area contributed by atoms with Crippen molar-refractivity contribution in [2.75, 3.05) is 6.54 Å². The van der Waals surface area contributed by atoms with Gasteiger partial charge in [0, 0.05) is 12.5 Å². The Morgan fingerprint density at radius 1 is 1.14 bits per heavy atom. The number of hydrogen-bond acceptors (Lipinski definition) is 2. The minimum atomic E-state index is -0.505. The lowest BCUT2D eigenvalue weighted by Crippen LogP contribution is -2.42. The highest BCUT2D eigenvalue weighted by atomic mass is 16.3. The molecule has 1 aromatic carbocycles. The standard InChI is InChI=1S/C19H31NO/c1-5-20-17-10-12-19(21,13-11-17)14-15-6-8-16(9-7-15)18(2,3)4/h6-9,17,20-21H,5,10-14H2,1-4H3. The van der Waals surface area contributed by atoms with E-state index in [1.54, 1.807) is 0 Å². The van der Waals surface area contributed by atoms with Crippen molar-refractivity contribution in [3.8, 4) is 0 Å². The molecule has 0 atom stereocenters. The van der Waals surface area contributed by atoms with Gasteiger partial charge in [-0.05, 0) is 48.8 Å². The van der Waals surface area contributed by atoms with Crippen LogP contribution < -0.4 is 5.32 Å². The minimum Gasteiger partial charge on any atom is -0.390 e. The van der Waals surface area contributed by atoms with Crippen molar-refractivity contribution in [3.63, 3.8) is 0 Å². The van der Waals surface area contributed by atoms with E-state index >= 15 is 0 Å². The van der Waals surface area contributed by atoms with Crippen molar-refractivity contribution >= 4 is 0 Å². The fourth-order valence-electron chi connectivity index (χ4n) is 3.33. The first kappa shape index (κ1) is 16.5. The summed E-state index contributed by atoms with van der Waals surface area (Å²) in [7, 11) is 0. The first-order chi connectivity index (χ1) is 9.82. The molecule has 0 bridgehead atoms. The van der Waals surface area contributed by atoms with E-state index in [1.165, 1.54) is 11.1 Å². The smallest absolute Gasteiger partial charge is 0.0689 e. The molecular weight excluding hydrogens is 258 g/mol. The predicted octanol–water partition coefficient (Wildman–Crippen LogP) is 3.81. The summed E-state index contributed by atoms with van der Waals surface area (Å²) in [4.78, 5) is 0. The molecule has 2 nitrogen and oxygen atoms in total. The Bertz CT molecular complexity index is 436. The maximum absolute atomic E-state index is 10.8. The fraction of sp³-hybridized carbons (Fsp3) is 0.684. The Labute approximate surface area is 130 Å². The van der Waals surface area contributed by atoms with Crippen molar-refractivity contribution in [3.05, 3.63) is 35.4 Å². The van der Waals surface area contributed by atoms with Crippen LogP contribution in [-0.4, -0.2) is 23.3 Å². The molecule has 0 spiro atoms. The Hall–Kier alpha value is -0.860. The van der Waals surface area contributed by atoms with Gasteiger partial charge in [-0.15, -0.1) is 0 Å². The highest BCUT2D eigenvalue weighted by Crippen LogP contribution is 2.32. The molecule has 0 unspecified atom stereocenters. The van der Waals surface area contributed by atoms with E-state index in [0.717, 1.165) is 38.6 Å². The average molecular weight is 289 g/mol. The fourth-order valence-corrected chi connectivity index (χ4v) is 3.33. The summed E-state index contributed by atoms with van der Waals surface area (Å²) in [5.74, 6) is 0. The third-order valence-corrected chi connectivity index (χ3v) is 4.76. The van der Waals surface area contributed by atoms with Crippen molar-refractivity contribution in [1.29, 1.82) is 0 Å². The minimum absolute atomic E-state index is 0.194. The lowest BCUT2D eigenvalue weighted by Gasteiger charge is -2.36. The summed E-state index contributed by atoms with van der Waals surface area (Å²) in [6.45, 7) is 9.88. The van der Waals surface area contributed by atoms with E-state index < -0.39 is 5.60 Å². The zero-order valence-corrected chi connectivity index (χ0v) is 14.1. The molecule has 0 aromatic heterocycles. The van der Waals surface area contributed by atoms with Crippen molar-refractivity contribution in [2.24, 2.45) is 0 Å². The molecule has 1 saturated carbocycles. The van der Waals surface area contributed by atoms with Crippen LogP contribution in [0.2, 0.25) is 0 Å². The Morgan fingerprint density at radius 3 is 2.19 bits per heavy atom. The maximum atomic E-state index is 10.8. The molecule has 2 N–H and O–H groups in total. The van der Waals surface area contributed by atoms with Crippen molar-refractivity contribution in [1.82, 2.24) is 5.32 Å². The molecule has 0 aliphatic heterocycles. The van der Waals surface area contributed by atoms with Crippen molar-refractivity contribution < 1.29 is 5.11 Å². The van der Waals surface area contributed by atoms with Gasteiger partial charge in [0.15, 0.2) is 0 Å². The molecule has 0 amide bonds. The number of rotatable bonds is 4. The highest BCUT2D eigenvalue weighted by molar-refractivity contribution is 5.28. The third kappa shape index (κ3) is 4.55. The molecule has 0 heterocycles. The van der Waals surface area contributed by atoms with Gasteiger partial charge in [0.2, 0.25) is 0 Å². The zero-order chi connectivity index (χ0) is 15.5. The number of benzene rings is 1. The summed E-state index contributed by atoms with van der Waals surface area (Å²) in [5.41, 5.74) is 2.30. The Kier molecular flexibility index (Phi) is 5.11. The summed E-state index contributed by atoms with van der Waals surface area (Å²) < 4.78 is 0. The molecule has 21 heavy (non-hydrogen) atoms. The molecule has 1 aliphatic rings. The Balaban J connectivity index is 1.95. The van der Waals surface area contributed by atoms with Crippen LogP contribution in [0, 0.1) is 0 Å². The van der Waals surface area contributed by atoms with E-state index in [-0.39, 0.29) is 5.41 Å². The maximum Gasteiger partial charge on any atom is 0.0689 e. The molecule has 0 saturated heterocycles. The van der Waals surface area contributed by atoms with E-state index in [0.29, 0.717) is 6.04 Å². The lowest BCUT2D eigenvalue weighted by molar-refractivity contribution is -0.00295. The van der Waals surface area contributed by atoms with Gasteiger partial charge in [0.25, 0.3) is 0 Å². The number of aliphatic hydroxyl groups is 1.